The van der Waals surface area contributed by atoms with Crippen LogP contribution in [0.4, 0.5) is 0 Å². The Morgan fingerprint density at radius 2 is 1.81 bits per heavy atom. The van der Waals surface area contributed by atoms with E-state index in [1.54, 1.807) is 25.3 Å². The summed E-state index contributed by atoms with van der Waals surface area (Å²) in [5.41, 5.74) is 2.19. The second-order valence-corrected chi connectivity index (χ2v) is 8.53. The largest absolute Gasteiger partial charge is 0.496 e. The topological polar surface area (TPSA) is 84.9 Å². The highest BCUT2D eigenvalue weighted by molar-refractivity contribution is 5.99. The van der Waals surface area contributed by atoms with Crippen molar-refractivity contribution in [3.8, 4) is 16.9 Å². The van der Waals surface area contributed by atoms with Crippen molar-refractivity contribution in [1.82, 2.24) is 5.32 Å². The molecule has 2 aromatic rings. The van der Waals surface area contributed by atoms with Crippen molar-refractivity contribution in [2.75, 3.05) is 20.3 Å². The molecule has 6 heteroatoms. The van der Waals surface area contributed by atoms with Crippen LogP contribution in [0.25, 0.3) is 11.1 Å². The van der Waals surface area contributed by atoms with Crippen LogP contribution in [0.15, 0.2) is 42.5 Å². The van der Waals surface area contributed by atoms with Crippen molar-refractivity contribution in [2.24, 2.45) is 0 Å². The van der Waals surface area contributed by atoms with Gasteiger partial charge < -0.3 is 19.9 Å². The Kier molecular flexibility index (Phi) is 6.28. The van der Waals surface area contributed by atoms with Gasteiger partial charge in [0.25, 0.3) is 5.91 Å². The van der Waals surface area contributed by atoms with Crippen molar-refractivity contribution in [2.45, 2.75) is 50.0 Å². The number of rotatable bonds is 6. The van der Waals surface area contributed by atoms with E-state index in [2.05, 4.69) is 17.4 Å². The van der Waals surface area contributed by atoms with Crippen LogP contribution in [0.1, 0.15) is 60.4 Å². The number of ether oxygens (including phenoxy) is 2. The standard InChI is InChI=1S/C25H29NO5/c1-30-22-10-9-19(23(27)26-25(24(28)29)11-4-2-3-5-12-25)14-21(22)18-8-6-7-17(13-18)20-15-31-16-20/h6-10,13-14,20H,2-5,11-12,15-16H2,1H3,(H,26,27)(H,28,29). The Labute approximate surface area is 182 Å². The third kappa shape index (κ3) is 4.44. The molecular formula is C25H29NO5. The number of methoxy groups -OCH3 is 1. The second-order valence-electron chi connectivity index (χ2n) is 8.53. The van der Waals surface area contributed by atoms with Crippen LogP contribution in [0.3, 0.4) is 0 Å². The molecule has 2 fully saturated rings. The zero-order valence-corrected chi connectivity index (χ0v) is 17.9. The number of amides is 1. The van der Waals surface area contributed by atoms with E-state index in [1.165, 1.54) is 5.56 Å². The number of hydrogen-bond acceptors (Lipinski definition) is 4. The molecule has 2 aromatic carbocycles. The first-order valence-corrected chi connectivity index (χ1v) is 10.9. The number of carbonyl (C=O) groups excluding carboxylic acids is 1. The lowest BCUT2D eigenvalue weighted by atomic mass is 9.89. The number of aliphatic carboxylic acids is 1. The average Bonchev–Trinajstić information content (AvgIpc) is 2.99. The van der Waals surface area contributed by atoms with Gasteiger partial charge in [0.15, 0.2) is 0 Å². The minimum Gasteiger partial charge on any atom is -0.496 e. The molecule has 4 rings (SSSR count). The number of carboxylic acids is 1. The predicted molar refractivity (Wildman–Crippen MR) is 118 cm³/mol. The van der Waals surface area contributed by atoms with Crippen LogP contribution in [0.5, 0.6) is 5.75 Å². The van der Waals surface area contributed by atoms with Crippen LogP contribution < -0.4 is 10.1 Å². The molecule has 31 heavy (non-hydrogen) atoms. The summed E-state index contributed by atoms with van der Waals surface area (Å²) in [6.45, 7) is 1.45. The lowest BCUT2D eigenvalue weighted by Gasteiger charge is -2.29. The number of carbonyl (C=O) groups is 2. The maximum Gasteiger partial charge on any atom is 0.329 e. The van der Waals surface area contributed by atoms with Gasteiger partial charge in [0.2, 0.25) is 0 Å². The summed E-state index contributed by atoms with van der Waals surface area (Å²) >= 11 is 0. The van der Waals surface area contributed by atoms with Gasteiger partial charge in [0.05, 0.1) is 20.3 Å². The maximum atomic E-state index is 13.1. The highest BCUT2D eigenvalue weighted by Gasteiger charge is 2.40. The summed E-state index contributed by atoms with van der Waals surface area (Å²) < 4.78 is 10.9. The van der Waals surface area contributed by atoms with Crippen molar-refractivity contribution < 1.29 is 24.2 Å². The van der Waals surface area contributed by atoms with E-state index in [1.807, 2.05) is 12.1 Å². The van der Waals surface area contributed by atoms with Crippen molar-refractivity contribution >= 4 is 11.9 Å². The van der Waals surface area contributed by atoms with Crippen molar-refractivity contribution in [1.29, 1.82) is 0 Å². The van der Waals surface area contributed by atoms with E-state index in [-0.39, 0.29) is 5.91 Å². The molecule has 2 N–H and O–H groups in total. The number of hydrogen-bond donors (Lipinski definition) is 2. The van der Waals surface area contributed by atoms with E-state index in [0.717, 1.165) is 50.0 Å². The summed E-state index contributed by atoms with van der Waals surface area (Å²) in [7, 11) is 1.60. The van der Waals surface area contributed by atoms with E-state index in [4.69, 9.17) is 9.47 Å². The van der Waals surface area contributed by atoms with Crippen LogP contribution in [-0.4, -0.2) is 42.8 Å². The highest BCUT2D eigenvalue weighted by atomic mass is 16.5. The molecule has 1 amide bonds. The molecule has 0 bridgehead atoms. The lowest BCUT2D eigenvalue weighted by Crippen LogP contribution is -2.54. The first-order chi connectivity index (χ1) is 15.0. The van der Waals surface area contributed by atoms with Gasteiger partial charge in [-0.15, -0.1) is 0 Å². The molecule has 0 spiro atoms. The molecule has 6 nitrogen and oxygen atoms in total. The molecule has 0 atom stereocenters. The number of benzene rings is 2. The first kappa shape index (κ1) is 21.4. The Balaban J connectivity index is 1.64. The minimum atomic E-state index is -1.20. The van der Waals surface area contributed by atoms with Gasteiger partial charge in [-0.05, 0) is 42.2 Å². The third-order valence-corrected chi connectivity index (χ3v) is 6.49. The number of carboxylic acid groups (broad SMARTS) is 1. The fourth-order valence-corrected chi connectivity index (χ4v) is 4.48. The Hall–Kier alpha value is -2.86. The monoisotopic (exact) mass is 423 g/mol. The minimum absolute atomic E-state index is 0.364. The molecule has 1 saturated heterocycles. The van der Waals surface area contributed by atoms with Gasteiger partial charge in [0, 0.05) is 17.0 Å². The van der Waals surface area contributed by atoms with E-state index in [0.29, 0.717) is 30.1 Å². The molecule has 0 unspecified atom stereocenters. The molecular weight excluding hydrogens is 394 g/mol. The fourth-order valence-electron chi connectivity index (χ4n) is 4.48. The third-order valence-electron chi connectivity index (χ3n) is 6.49. The molecule has 0 aromatic heterocycles. The second kappa shape index (κ2) is 9.10. The maximum absolute atomic E-state index is 13.1. The molecule has 164 valence electrons. The van der Waals surface area contributed by atoms with E-state index in [9.17, 15) is 14.7 Å². The van der Waals surface area contributed by atoms with Crippen LogP contribution in [0.2, 0.25) is 0 Å². The molecule has 0 radical (unpaired) electrons. The van der Waals surface area contributed by atoms with Gasteiger partial charge in [-0.25, -0.2) is 4.79 Å². The van der Waals surface area contributed by atoms with Gasteiger partial charge in [-0.2, -0.15) is 0 Å². The van der Waals surface area contributed by atoms with Gasteiger partial charge in [-0.1, -0.05) is 49.9 Å². The Bertz CT molecular complexity index is 958. The Morgan fingerprint density at radius 1 is 1.06 bits per heavy atom. The van der Waals surface area contributed by atoms with Crippen molar-refractivity contribution in [3.05, 3.63) is 53.6 Å². The van der Waals surface area contributed by atoms with Crippen LogP contribution in [0, 0.1) is 0 Å². The predicted octanol–water partition coefficient (Wildman–Crippen LogP) is 4.38. The molecule has 2 aliphatic rings. The molecule has 1 aliphatic carbocycles. The summed E-state index contributed by atoms with van der Waals surface area (Å²) in [6.07, 6.45) is 4.53. The SMILES string of the molecule is COc1ccc(C(=O)NC2(C(=O)O)CCCCCC2)cc1-c1cccc(C2COC2)c1. The van der Waals surface area contributed by atoms with E-state index >= 15 is 0 Å². The summed E-state index contributed by atoms with van der Waals surface area (Å²) in [4.78, 5) is 25.2. The van der Waals surface area contributed by atoms with E-state index < -0.39 is 11.5 Å². The van der Waals surface area contributed by atoms with Crippen LogP contribution in [-0.2, 0) is 9.53 Å². The van der Waals surface area contributed by atoms with Crippen molar-refractivity contribution in [3.63, 3.8) is 0 Å². The zero-order valence-electron chi connectivity index (χ0n) is 17.9. The van der Waals surface area contributed by atoms with Gasteiger partial charge in [0.1, 0.15) is 11.3 Å². The fraction of sp³-hybridized carbons (Fsp3) is 0.440. The number of nitrogens with one attached hydrogen (secondary N) is 1. The Morgan fingerprint density at radius 3 is 2.42 bits per heavy atom. The highest BCUT2D eigenvalue weighted by Crippen LogP contribution is 2.34. The summed E-state index contributed by atoms with van der Waals surface area (Å²) in [5.74, 6) is -0.257. The summed E-state index contributed by atoms with van der Waals surface area (Å²) in [5, 5.41) is 12.7. The van der Waals surface area contributed by atoms with Gasteiger partial charge >= 0.3 is 5.97 Å². The van der Waals surface area contributed by atoms with Crippen LogP contribution >= 0.6 is 0 Å². The quantitative estimate of drug-likeness (QED) is 0.674. The smallest absolute Gasteiger partial charge is 0.329 e. The molecule has 1 aliphatic heterocycles. The zero-order chi connectivity index (χ0) is 21.8. The molecule has 1 saturated carbocycles. The average molecular weight is 424 g/mol. The molecule has 1 heterocycles. The lowest BCUT2D eigenvalue weighted by molar-refractivity contribution is -0.145. The summed E-state index contributed by atoms with van der Waals surface area (Å²) in [6, 6.07) is 13.4. The normalized spacial score (nSPS) is 18.5. The van der Waals surface area contributed by atoms with Gasteiger partial charge in [-0.3, -0.25) is 4.79 Å². The first-order valence-electron chi connectivity index (χ1n) is 10.9.